The fourth-order valence-electron chi connectivity index (χ4n) is 3.87. The Bertz CT molecular complexity index is 1010. The summed E-state index contributed by atoms with van der Waals surface area (Å²) < 4.78 is 10.00. The first kappa shape index (κ1) is 23.8. The number of aliphatic carboxylic acids is 1. The molecule has 33 heavy (non-hydrogen) atoms. The number of methoxy groups -OCH3 is 1. The molecule has 0 aliphatic heterocycles. The predicted octanol–water partition coefficient (Wildman–Crippen LogP) is 2.44. The van der Waals surface area contributed by atoms with Gasteiger partial charge in [0.2, 0.25) is 5.91 Å². The monoisotopic (exact) mass is 454 g/mol. The van der Waals surface area contributed by atoms with E-state index in [1.807, 2.05) is 48.5 Å². The molecule has 0 heterocycles. The molecule has 0 spiro atoms. The molecule has 0 aromatic heterocycles. The van der Waals surface area contributed by atoms with Crippen LogP contribution in [0.15, 0.2) is 48.5 Å². The second-order valence-electron chi connectivity index (χ2n) is 7.71. The Morgan fingerprint density at radius 2 is 1.55 bits per heavy atom. The van der Waals surface area contributed by atoms with E-state index >= 15 is 0 Å². The van der Waals surface area contributed by atoms with Crippen molar-refractivity contribution in [1.29, 1.82) is 0 Å². The highest BCUT2D eigenvalue weighted by atomic mass is 16.5. The molecule has 3 rings (SSSR count). The van der Waals surface area contributed by atoms with Crippen LogP contribution < -0.4 is 10.6 Å². The number of carbonyl (C=O) groups excluding carboxylic acids is 3. The fraction of sp³-hybridized carbons (Fsp3) is 0.333. The van der Waals surface area contributed by atoms with E-state index < -0.39 is 36.0 Å². The molecule has 0 saturated carbocycles. The molecule has 1 aliphatic rings. The van der Waals surface area contributed by atoms with E-state index in [4.69, 9.17) is 9.84 Å². The molecule has 2 atom stereocenters. The predicted molar refractivity (Wildman–Crippen MR) is 118 cm³/mol. The van der Waals surface area contributed by atoms with E-state index in [1.54, 1.807) is 0 Å². The van der Waals surface area contributed by atoms with Gasteiger partial charge in [0.15, 0.2) is 0 Å². The molecule has 1 aliphatic carbocycles. The van der Waals surface area contributed by atoms with Crippen LogP contribution in [0.4, 0.5) is 4.79 Å². The van der Waals surface area contributed by atoms with Crippen molar-refractivity contribution in [3.63, 3.8) is 0 Å². The van der Waals surface area contributed by atoms with Gasteiger partial charge in [-0.2, -0.15) is 0 Å². The van der Waals surface area contributed by atoms with Crippen molar-refractivity contribution >= 4 is 23.9 Å². The summed E-state index contributed by atoms with van der Waals surface area (Å²) in [6.45, 7) is 1.47. The summed E-state index contributed by atoms with van der Waals surface area (Å²) in [7, 11) is 1.18. The van der Waals surface area contributed by atoms with Gasteiger partial charge in [0, 0.05) is 12.3 Å². The number of carboxylic acid groups (broad SMARTS) is 1. The highest BCUT2D eigenvalue weighted by Crippen LogP contribution is 2.44. The first-order chi connectivity index (χ1) is 15.8. The van der Waals surface area contributed by atoms with Crippen molar-refractivity contribution in [2.24, 2.45) is 0 Å². The second kappa shape index (κ2) is 10.6. The van der Waals surface area contributed by atoms with E-state index in [0.29, 0.717) is 0 Å². The topological polar surface area (TPSA) is 131 Å². The number of esters is 1. The van der Waals surface area contributed by atoms with Crippen molar-refractivity contribution in [2.45, 2.75) is 37.8 Å². The summed E-state index contributed by atoms with van der Waals surface area (Å²) in [4.78, 5) is 47.6. The second-order valence-corrected chi connectivity index (χ2v) is 7.71. The molecule has 9 heteroatoms. The van der Waals surface area contributed by atoms with Crippen LogP contribution in [0.25, 0.3) is 11.1 Å². The molecule has 0 saturated heterocycles. The molecular weight excluding hydrogens is 428 g/mol. The molecule has 0 radical (unpaired) electrons. The maximum absolute atomic E-state index is 12.5. The molecule has 2 amide bonds. The summed E-state index contributed by atoms with van der Waals surface area (Å²) in [5.74, 6) is -2.65. The number of ether oxygens (including phenoxy) is 2. The van der Waals surface area contributed by atoms with Crippen LogP contribution in [-0.4, -0.2) is 54.8 Å². The highest BCUT2D eigenvalue weighted by molar-refractivity contribution is 5.89. The van der Waals surface area contributed by atoms with Gasteiger partial charge < -0.3 is 25.2 Å². The van der Waals surface area contributed by atoms with Crippen molar-refractivity contribution in [3.05, 3.63) is 59.7 Å². The Kier molecular flexibility index (Phi) is 7.66. The molecular formula is C24H26N2O7. The largest absolute Gasteiger partial charge is 0.481 e. The van der Waals surface area contributed by atoms with Crippen molar-refractivity contribution < 1.29 is 33.8 Å². The molecule has 0 fully saturated rings. The molecule has 2 aromatic rings. The summed E-state index contributed by atoms with van der Waals surface area (Å²) >= 11 is 0. The van der Waals surface area contributed by atoms with E-state index in [2.05, 4.69) is 15.4 Å². The molecule has 0 bridgehead atoms. The smallest absolute Gasteiger partial charge is 0.407 e. The Morgan fingerprint density at radius 3 is 2.09 bits per heavy atom. The van der Waals surface area contributed by atoms with Crippen LogP contribution in [0, 0.1) is 0 Å². The zero-order valence-electron chi connectivity index (χ0n) is 18.4. The third-order valence-corrected chi connectivity index (χ3v) is 5.51. The average Bonchev–Trinajstić information content (AvgIpc) is 3.13. The van der Waals surface area contributed by atoms with Gasteiger partial charge in [-0.15, -0.1) is 0 Å². The molecule has 174 valence electrons. The van der Waals surface area contributed by atoms with Gasteiger partial charge in [0.1, 0.15) is 18.7 Å². The SMILES string of the molecule is COC(=O)C(C)NC(=O)C(CCC(=O)O)NC(=O)OCC1c2ccccc2-c2ccccc21. The zero-order valence-corrected chi connectivity index (χ0v) is 18.4. The lowest BCUT2D eigenvalue weighted by atomic mass is 9.98. The lowest BCUT2D eigenvalue weighted by Gasteiger charge is -2.21. The lowest BCUT2D eigenvalue weighted by Crippen LogP contribution is -2.51. The van der Waals surface area contributed by atoms with Crippen molar-refractivity contribution in [2.75, 3.05) is 13.7 Å². The minimum Gasteiger partial charge on any atom is -0.481 e. The first-order valence-electron chi connectivity index (χ1n) is 10.5. The van der Waals surface area contributed by atoms with Gasteiger partial charge in [-0.05, 0) is 35.6 Å². The number of benzene rings is 2. The van der Waals surface area contributed by atoms with Gasteiger partial charge in [-0.1, -0.05) is 48.5 Å². The quantitative estimate of drug-likeness (QED) is 0.496. The number of nitrogens with one attached hydrogen (secondary N) is 2. The Hall–Kier alpha value is -3.88. The minimum absolute atomic E-state index is 0.0473. The first-order valence-corrected chi connectivity index (χ1v) is 10.5. The number of carboxylic acids is 1. The Morgan fingerprint density at radius 1 is 0.970 bits per heavy atom. The Balaban J connectivity index is 1.66. The van der Waals surface area contributed by atoms with Gasteiger partial charge in [-0.3, -0.25) is 9.59 Å². The number of carbonyl (C=O) groups is 4. The van der Waals surface area contributed by atoms with Crippen LogP contribution in [0.5, 0.6) is 0 Å². The number of amides is 2. The third-order valence-electron chi connectivity index (χ3n) is 5.51. The number of hydrogen-bond donors (Lipinski definition) is 3. The third kappa shape index (κ3) is 5.68. The van der Waals surface area contributed by atoms with Gasteiger partial charge >= 0.3 is 18.0 Å². The standard InChI is InChI=1S/C24H26N2O7/c1-14(23(30)32-2)25-22(29)20(11-12-21(27)28)26-24(31)33-13-19-17-9-5-3-7-15(17)16-8-4-6-10-18(16)19/h3-10,14,19-20H,11-13H2,1-2H3,(H,25,29)(H,26,31)(H,27,28). The maximum Gasteiger partial charge on any atom is 0.407 e. The minimum atomic E-state index is -1.19. The van der Waals surface area contributed by atoms with E-state index in [-0.39, 0.29) is 25.4 Å². The van der Waals surface area contributed by atoms with Crippen LogP contribution in [0.3, 0.4) is 0 Å². The summed E-state index contributed by atoms with van der Waals surface area (Å²) in [6, 6.07) is 13.6. The maximum atomic E-state index is 12.5. The van der Waals surface area contributed by atoms with Gasteiger partial charge in [0.25, 0.3) is 0 Å². The highest BCUT2D eigenvalue weighted by Gasteiger charge is 2.30. The Labute approximate surface area is 191 Å². The van der Waals surface area contributed by atoms with Gasteiger partial charge in [-0.25, -0.2) is 9.59 Å². The fourth-order valence-corrected chi connectivity index (χ4v) is 3.87. The number of hydrogen-bond acceptors (Lipinski definition) is 6. The number of rotatable bonds is 9. The van der Waals surface area contributed by atoms with Crippen molar-refractivity contribution in [1.82, 2.24) is 10.6 Å². The summed E-state index contributed by atoms with van der Waals surface area (Å²) in [6.07, 6.45) is -1.37. The van der Waals surface area contributed by atoms with Crippen LogP contribution >= 0.6 is 0 Å². The van der Waals surface area contributed by atoms with Crippen LogP contribution in [0.2, 0.25) is 0 Å². The van der Waals surface area contributed by atoms with E-state index in [9.17, 15) is 19.2 Å². The van der Waals surface area contributed by atoms with Gasteiger partial charge in [0.05, 0.1) is 7.11 Å². The zero-order chi connectivity index (χ0) is 24.0. The van der Waals surface area contributed by atoms with Crippen LogP contribution in [-0.2, 0) is 23.9 Å². The van der Waals surface area contributed by atoms with E-state index in [1.165, 1.54) is 14.0 Å². The number of fused-ring (bicyclic) bond motifs is 3. The average molecular weight is 454 g/mol. The molecule has 3 N–H and O–H groups in total. The van der Waals surface area contributed by atoms with Crippen LogP contribution in [0.1, 0.15) is 36.8 Å². The van der Waals surface area contributed by atoms with Crippen molar-refractivity contribution in [3.8, 4) is 11.1 Å². The lowest BCUT2D eigenvalue weighted by molar-refractivity contribution is -0.145. The number of alkyl carbamates (subject to hydrolysis) is 1. The summed E-state index contributed by atoms with van der Waals surface area (Å²) in [5, 5.41) is 13.8. The molecule has 2 unspecified atom stereocenters. The molecule has 9 nitrogen and oxygen atoms in total. The van der Waals surface area contributed by atoms with E-state index in [0.717, 1.165) is 22.3 Å². The normalized spacial score (nSPS) is 13.8. The summed E-state index contributed by atoms with van der Waals surface area (Å²) in [5.41, 5.74) is 4.24. The molecule has 2 aromatic carbocycles.